The molecule has 100 valence electrons. The largest absolute Gasteiger partial charge is 0.273 e. The number of benzene rings is 1. The van der Waals surface area contributed by atoms with Crippen molar-refractivity contribution in [1.29, 1.82) is 0 Å². The standard InChI is InChI=1S/C13H10ClF3N2/c1-13(16,17)10-4-8(2-3-11(10)15)12-7-18-6-9(5-14)19-12/h2-4,6-7H,5H2,1H3. The maximum Gasteiger partial charge on any atom is 0.273 e. The summed E-state index contributed by atoms with van der Waals surface area (Å²) in [6, 6.07) is 3.46. The van der Waals surface area contributed by atoms with Crippen molar-refractivity contribution in [1.82, 2.24) is 9.97 Å². The Labute approximate surface area is 113 Å². The average molecular weight is 287 g/mol. The number of hydrogen-bond acceptors (Lipinski definition) is 2. The zero-order chi connectivity index (χ0) is 14.0. The fourth-order valence-electron chi connectivity index (χ4n) is 1.63. The van der Waals surface area contributed by atoms with Crippen molar-refractivity contribution in [3.63, 3.8) is 0 Å². The van der Waals surface area contributed by atoms with Crippen LogP contribution in [0.4, 0.5) is 13.2 Å². The van der Waals surface area contributed by atoms with Crippen molar-refractivity contribution in [3.05, 3.63) is 47.7 Å². The molecule has 0 N–H and O–H groups in total. The molecule has 0 amide bonds. The SMILES string of the molecule is CC(F)(F)c1cc(-c2cncc(CCl)n2)ccc1F. The molecule has 0 aliphatic carbocycles. The Balaban J connectivity index is 2.51. The summed E-state index contributed by atoms with van der Waals surface area (Å²) in [4.78, 5) is 8.07. The lowest BCUT2D eigenvalue weighted by atomic mass is 10.0. The number of alkyl halides is 3. The molecule has 0 saturated heterocycles. The zero-order valence-electron chi connectivity index (χ0n) is 10.0. The topological polar surface area (TPSA) is 25.8 Å². The molecule has 19 heavy (non-hydrogen) atoms. The van der Waals surface area contributed by atoms with E-state index in [0.717, 1.165) is 12.1 Å². The van der Waals surface area contributed by atoms with Crippen molar-refractivity contribution in [3.8, 4) is 11.3 Å². The fourth-order valence-corrected chi connectivity index (χ4v) is 1.76. The first kappa shape index (κ1) is 13.8. The molecule has 0 radical (unpaired) electrons. The normalized spacial score (nSPS) is 11.6. The van der Waals surface area contributed by atoms with Crippen LogP contribution >= 0.6 is 11.6 Å². The van der Waals surface area contributed by atoms with Crippen molar-refractivity contribution in [2.24, 2.45) is 0 Å². The molecular formula is C13H10ClF3N2. The van der Waals surface area contributed by atoms with Gasteiger partial charge >= 0.3 is 0 Å². The van der Waals surface area contributed by atoms with Crippen LogP contribution in [0, 0.1) is 5.82 Å². The summed E-state index contributed by atoms with van der Waals surface area (Å²) in [7, 11) is 0. The van der Waals surface area contributed by atoms with E-state index in [1.165, 1.54) is 18.5 Å². The number of rotatable bonds is 3. The van der Waals surface area contributed by atoms with Gasteiger partial charge < -0.3 is 0 Å². The minimum absolute atomic E-state index is 0.166. The maximum atomic E-state index is 13.4. The number of halogens is 4. The van der Waals surface area contributed by atoms with Crippen molar-refractivity contribution < 1.29 is 13.2 Å². The van der Waals surface area contributed by atoms with Gasteiger partial charge in [-0.05, 0) is 18.2 Å². The first-order chi connectivity index (χ1) is 8.91. The van der Waals surface area contributed by atoms with Crippen molar-refractivity contribution >= 4 is 11.6 Å². The van der Waals surface area contributed by atoms with Crippen LogP contribution in [0.25, 0.3) is 11.3 Å². The van der Waals surface area contributed by atoms with Gasteiger partial charge in [0.2, 0.25) is 0 Å². The Morgan fingerprint density at radius 3 is 2.63 bits per heavy atom. The molecule has 0 unspecified atom stereocenters. The highest BCUT2D eigenvalue weighted by atomic mass is 35.5. The molecule has 6 heteroatoms. The number of aromatic nitrogens is 2. The lowest BCUT2D eigenvalue weighted by molar-refractivity contribution is 0.0138. The van der Waals surface area contributed by atoms with Crippen LogP contribution in [0.15, 0.2) is 30.6 Å². The molecule has 1 heterocycles. The molecule has 2 rings (SSSR count). The maximum absolute atomic E-state index is 13.4. The first-order valence-corrected chi connectivity index (χ1v) is 6.00. The summed E-state index contributed by atoms with van der Waals surface area (Å²) >= 11 is 5.63. The van der Waals surface area contributed by atoms with Gasteiger partial charge in [-0.1, -0.05) is 0 Å². The summed E-state index contributed by atoms with van der Waals surface area (Å²) in [5.74, 6) is -4.03. The van der Waals surface area contributed by atoms with Crippen LogP contribution < -0.4 is 0 Å². The summed E-state index contributed by atoms with van der Waals surface area (Å²) in [6.45, 7) is 0.649. The van der Waals surface area contributed by atoms with Gasteiger partial charge in [-0.2, -0.15) is 0 Å². The van der Waals surface area contributed by atoms with E-state index in [-0.39, 0.29) is 5.88 Å². The third-order valence-electron chi connectivity index (χ3n) is 2.56. The molecule has 1 aromatic carbocycles. The Morgan fingerprint density at radius 2 is 2.00 bits per heavy atom. The molecule has 0 saturated carbocycles. The molecule has 0 aliphatic rings. The van der Waals surface area contributed by atoms with Crippen LogP contribution in [-0.2, 0) is 11.8 Å². The molecule has 2 nitrogen and oxygen atoms in total. The molecule has 0 aliphatic heterocycles. The lowest BCUT2D eigenvalue weighted by Crippen LogP contribution is -2.10. The highest BCUT2D eigenvalue weighted by Crippen LogP contribution is 2.32. The first-order valence-electron chi connectivity index (χ1n) is 5.47. The third kappa shape index (κ3) is 3.04. The molecule has 0 bridgehead atoms. The van der Waals surface area contributed by atoms with Gasteiger partial charge in [0.15, 0.2) is 0 Å². The van der Waals surface area contributed by atoms with Crippen LogP contribution in [0.2, 0.25) is 0 Å². The average Bonchev–Trinajstić information content (AvgIpc) is 2.38. The van der Waals surface area contributed by atoms with Crippen LogP contribution in [-0.4, -0.2) is 9.97 Å². The van der Waals surface area contributed by atoms with Gasteiger partial charge in [0.25, 0.3) is 5.92 Å². The van der Waals surface area contributed by atoms with E-state index in [4.69, 9.17) is 11.6 Å². The second-order valence-corrected chi connectivity index (χ2v) is 4.38. The lowest BCUT2D eigenvalue weighted by Gasteiger charge is -2.13. The van der Waals surface area contributed by atoms with E-state index in [1.807, 2.05) is 0 Å². The van der Waals surface area contributed by atoms with Gasteiger partial charge in [0.05, 0.1) is 29.0 Å². The monoisotopic (exact) mass is 286 g/mol. The Morgan fingerprint density at radius 1 is 1.26 bits per heavy atom. The van der Waals surface area contributed by atoms with Crippen LogP contribution in [0.5, 0.6) is 0 Å². The second-order valence-electron chi connectivity index (χ2n) is 4.11. The summed E-state index contributed by atoms with van der Waals surface area (Å²) < 4.78 is 39.9. The van der Waals surface area contributed by atoms with Crippen LogP contribution in [0.1, 0.15) is 18.2 Å². The Bertz CT molecular complexity index is 597. The smallest absolute Gasteiger partial charge is 0.261 e. The van der Waals surface area contributed by atoms with E-state index in [2.05, 4.69) is 9.97 Å². The van der Waals surface area contributed by atoms with Gasteiger partial charge in [-0.3, -0.25) is 4.98 Å². The molecule has 0 spiro atoms. The van der Waals surface area contributed by atoms with E-state index in [1.54, 1.807) is 0 Å². The third-order valence-corrected chi connectivity index (χ3v) is 2.83. The second kappa shape index (κ2) is 5.17. The minimum atomic E-state index is -3.25. The summed E-state index contributed by atoms with van der Waals surface area (Å²) in [5, 5.41) is 0. The van der Waals surface area contributed by atoms with Gasteiger partial charge in [0.1, 0.15) is 5.82 Å². The molecule has 1 aromatic heterocycles. The van der Waals surface area contributed by atoms with E-state index < -0.39 is 17.3 Å². The van der Waals surface area contributed by atoms with E-state index in [9.17, 15) is 13.2 Å². The van der Waals surface area contributed by atoms with Crippen molar-refractivity contribution in [2.75, 3.05) is 0 Å². The predicted molar refractivity (Wildman–Crippen MR) is 66.6 cm³/mol. The molecule has 0 fully saturated rings. The summed E-state index contributed by atoms with van der Waals surface area (Å²) in [6.07, 6.45) is 2.90. The van der Waals surface area contributed by atoms with Gasteiger partial charge in [-0.25, -0.2) is 18.2 Å². The summed E-state index contributed by atoms with van der Waals surface area (Å²) in [5.41, 5.74) is 0.609. The highest BCUT2D eigenvalue weighted by Gasteiger charge is 2.28. The Hall–Kier alpha value is -1.62. The molecule has 0 atom stereocenters. The van der Waals surface area contributed by atoms with Crippen LogP contribution in [0.3, 0.4) is 0 Å². The quantitative estimate of drug-likeness (QED) is 0.793. The van der Waals surface area contributed by atoms with Gasteiger partial charge in [0, 0.05) is 18.7 Å². The van der Waals surface area contributed by atoms with Gasteiger partial charge in [-0.15, -0.1) is 11.6 Å². The molecule has 2 aromatic rings. The fraction of sp³-hybridized carbons (Fsp3) is 0.231. The minimum Gasteiger partial charge on any atom is -0.261 e. The highest BCUT2D eigenvalue weighted by molar-refractivity contribution is 6.16. The van der Waals surface area contributed by atoms with E-state index >= 15 is 0 Å². The molecular weight excluding hydrogens is 277 g/mol. The predicted octanol–water partition coefficient (Wildman–Crippen LogP) is 4.13. The van der Waals surface area contributed by atoms with Crippen molar-refractivity contribution in [2.45, 2.75) is 18.7 Å². The zero-order valence-corrected chi connectivity index (χ0v) is 10.8. The number of hydrogen-bond donors (Lipinski definition) is 0. The number of nitrogens with zero attached hydrogens (tertiary/aromatic N) is 2. The Kier molecular flexibility index (Phi) is 3.75. The van der Waals surface area contributed by atoms with E-state index in [0.29, 0.717) is 23.9 Å².